The topological polar surface area (TPSA) is 81.6 Å². The number of ether oxygens (including phenoxy) is 2. The number of benzene rings is 1. The van der Waals surface area contributed by atoms with Gasteiger partial charge < -0.3 is 14.4 Å². The maximum Gasteiger partial charge on any atom is 0.274 e. The molecule has 0 bridgehead atoms. The Morgan fingerprint density at radius 1 is 1.35 bits per heavy atom. The van der Waals surface area contributed by atoms with Gasteiger partial charge in [-0.3, -0.25) is 9.59 Å². The molecule has 1 aromatic carbocycles. The van der Waals surface area contributed by atoms with Gasteiger partial charge in [0.05, 0.1) is 24.4 Å². The molecule has 1 atom stereocenters. The highest BCUT2D eigenvalue weighted by atomic mass is 35.5. The summed E-state index contributed by atoms with van der Waals surface area (Å²) in [4.78, 5) is 34.2. The van der Waals surface area contributed by atoms with E-state index >= 15 is 0 Å². The molecule has 1 amide bonds. The van der Waals surface area contributed by atoms with E-state index in [2.05, 4.69) is 9.97 Å². The van der Waals surface area contributed by atoms with Crippen molar-refractivity contribution >= 4 is 35.1 Å². The summed E-state index contributed by atoms with van der Waals surface area (Å²) < 4.78 is 39.4. The first-order chi connectivity index (χ1) is 14.8. The average molecular weight is 472 g/mol. The summed E-state index contributed by atoms with van der Waals surface area (Å²) in [6, 6.07) is 1.89. The number of hydrogen-bond acceptors (Lipinski definition) is 7. The van der Waals surface area contributed by atoms with E-state index in [-0.39, 0.29) is 48.2 Å². The number of rotatable bonds is 7. The molecule has 1 saturated heterocycles. The second-order valence-corrected chi connectivity index (χ2v) is 7.83. The number of Topliss-reactive ketones (excluding diaryl/α,β-unsaturated/α-hetero) is 1. The zero-order valence-corrected chi connectivity index (χ0v) is 18.4. The van der Waals surface area contributed by atoms with Gasteiger partial charge in [0.1, 0.15) is 12.7 Å². The van der Waals surface area contributed by atoms with Gasteiger partial charge in [-0.2, -0.15) is 0 Å². The molecule has 1 fully saturated rings. The molecule has 2 aromatic rings. The second-order valence-electron chi connectivity index (χ2n) is 6.65. The van der Waals surface area contributed by atoms with Crippen LogP contribution in [-0.2, 0) is 4.74 Å². The Morgan fingerprint density at radius 2 is 2.06 bits per heavy atom. The van der Waals surface area contributed by atoms with Gasteiger partial charge >= 0.3 is 0 Å². The minimum absolute atomic E-state index is 0.0538. The number of carbonyl (C=O) groups excluding carboxylic acids is 2. The molecule has 31 heavy (non-hydrogen) atoms. The number of thioether (sulfide) groups is 1. The van der Waals surface area contributed by atoms with E-state index in [1.54, 1.807) is 13.2 Å². The van der Waals surface area contributed by atoms with Crippen molar-refractivity contribution in [1.29, 1.82) is 0 Å². The Labute approximate surface area is 187 Å². The monoisotopic (exact) mass is 471 g/mol. The third-order valence-corrected chi connectivity index (χ3v) is 5.43. The standard InChI is InChI=1S/C20H20ClF2N3O4S/c1-3-16(27)11-6-14(22)18(15(23)7-11)30-10-12-9-26(4-5-29-12)19(28)17-13(21)8-24-20(25-17)31-2/h6-8,12H,3-5,9-10H2,1-2H3. The van der Waals surface area contributed by atoms with Gasteiger partial charge in [0.15, 0.2) is 34.0 Å². The van der Waals surface area contributed by atoms with Crippen molar-refractivity contribution in [2.45, 2.75) is 24.6 Å². The molecular formula is C20H20ClF2N3O4S. The summed E-state index contributed by atoms with van der Waals surface area (Å²) in [5.74, 6) is -3.31. The van der Waals surface area contributed by atoms with E-state index in [0.29, 0.717) is 11.7 Å². The van der Waals surface area contributed by atoms with Gasteiger partial charge in [-0.25, -0.2) is 18.7 Å². The Balaban J connectivity index is 1.67. The first-order valence-corrected chi connectivity index (χ1v) is 11.1. The normalized spacial score (nSPS) is 16.3. The van der Waals surface area contributed by atoms with Crippen LogP contribution in [0.15, 0.2) is 23.5 Å². The van der Waals surface area contributed by atoms with Crippen molar-refractivity contribution in [2.75, 3.05) is 32.6 Å². The maximum absolute atomic E-state index is 14.3. The predicted molar refractivity (Wildman–Crippen MR) is 111 cm³/mol. The number of carbonyl (C=O) groups is 2. The van der Waals surface area contributed by atoms with Crippen LogP contribution < -0.4 is 4.74 Å². The fraction of sp³-hybridized carbons (Fsp3) is 0.400. The number of ketones is 1. The molecule has 2 heterocycles. The van der Waals surface area contributed by atoms with Gasteiger partial charge in [-0.1, -0.05) is 30.3 Å². The van der Waals surface area contributed by atoms with Crippen molar-refractivity contribution in [3.63, 3.8) is 0 Å². The van der Waals surface area contributed by atoms with E-state index in [4.69, 9.17) is 21.1 Å². The lowest BCUT2D eigenvalue weighted by Crippen LogP contribution is -2.48. The SMILES string of the molecule is CCC(=O)c1cc(F)c(OCC2CN(C(=O)c3nc(SC)ncc3Cl)CCO2)c(F)c1. The van der Waals surface area contributed by atoms with Crippen LogP contribution in [0, 0.1) is 11.6 Å². The van der Waals surface area contributed by atoms with Crippen LogP contribution in [-0.4, -0.2) is 65.2 Å². The number of aromatic nitrogens is 2. The molecule has 1 aromatic heterocycles. The van der Waals surface area contributed by atoms with Crippen LogP contribution in [0.1, 0.15) is 34.2 Å². The predicted octanol–water partition coefficient (Wildman–Crippen LogP) is 3.64. The molecule has 1 unspecified atom stereocenters. The quantitative estimate of drug-likeness (QED) is 0.346. The van der Waals surface area contributed by atoms with Crippen molar-refractivity contribution in [2.24, 2.45) is 0 Å². The van der Waals surface area contributed by atoms with Crippen molar-refractivity contribution in [3.8, 4) is 5.75 Å². The molecule has 1 aliphatic rings. The van der Waals surface area contributed by atoms with E-state index in [0.717, 1.165) is 12.1 Å². The smallest absolute Gasteiger partial charge is 0.274 e. The van der Waals surface area contributed by atoms with Gasteiger partial charge in [-0.15, -0.1) is 0 Å². The van der Waals surface area contributed by atoms with Gasteiger partial charge in [-0.05, 0) is 18.4 Å². The third kappa shape index (κ3) is 5.50. The minimum atomic E-state index is -0.974. The Hall–Kier alpha value is -2.30. The highest BCUT2D eigenvalue weighted by molar-refractivity contribution is 7.98. The first kappa shape index (κ1) is 23.4. The summed E-state index contributed by atoms with van der Waals surface area (Å²) >= 11 is 7.36. The number of halogens is 3. The third-order valence-electron chi connectivity index (χ3n) is 4.59. The molecule has 0 radical (unpaired) electrons. The largest absolute Gasteiger partial charge is 0.485 e. The molecule has 0 N–H and O–H groups in total. The highest BCUT2D eigenvalue weighted by Gasteiger charge is 2.28. The lowest BCUT2D eigenvalue weighted by molar-refractivity contribution is -0.0412. The summed E-state index contributed by atoms with van der Waals surface area (Å²) in [6.45, 7) is 2.07. The molecule has 0 saturated carbocycles. The molecule has 166 valence electrons. The summed E-state index contributed by atoms with van der Waals surface area (Å²) in [5, 5.41) is 0.546. The van der Waals surface area contributed by atoms with Crippen LogP contribution in [0.3, 0.4) is 0 Å². The van der Waals surface area contributed by atoms with E-state index in [1.165, 1.54) is 22.9 Å². The zero-order valence-electron chi connectivity index (χ0n) is 16.9. The zero-order chi connectivity index (χ0) is 22.5. The lowest BCUT2D eigenvalue weighted by Gasteiger charge is -2.32. The van der Waals surface area contributed by atoms with E-state index < -0.39 is 29.4 Å². The number of morpholine rings is 1. The fourth-order valence-electron chi connectivity index (χ4n) is 2.99. The molecule has 0 spiro atoms. The average Bonchev–Trinajstić information content (AvgIpc) is 2.78. The Morgan fingerprint density at radius 3 is 2.71 bits per heavy atom. The van der Waals surface area contributed by atoms with Crippen molar-refractivity contribution < 1.29 is 27.8 Å². The van der Waals surface area contributed by atoms with Crippen LogP contribution in [0.25, 0.3) is 0 Å². The summed E-state index contributed by atoms with van der Waals surface area (Å²) in [6.07, 6.45) is 2.66. The molecule has 11 heteroatoms. The maximum atomic E-state index is 14.3. The van der Waals surface area contributed by atoms with Crippen molar-refractivity contribution in [1.82, 2.24) is 14.9 Å². The van der Waals surface area contributed by atoms with Gasteiger partial charge in [0.2, 0.25) is 0 Å². The second kappa shape index (κ2) is 10.3. The van der Waals surface area contributed by atoms with Crippen LogP contribution in [0.5, 0.6) is 5.75 Å². The van der Waals surface area contributed by atoms with Crippen LogP contribution >= 0.6 is 23.4 Å². The molecule has 1 aliphatic heterocycles. The number of hydrogen-bond donors (Lipinski definition) is 0. The molecular weight excluding hydrogens is 452 g/mol. The van der Waals surface area contributed by atoms with Gasteiger partial charge in [0, 0.05) is 18.5 Å². The minimum Gasteiger partial charge on any atom is -0.485 e. The Bertz CT molecular complexity index is 972. The summed E-state index contributed by atoms with van der Waals surface area (Å²) in [7, 11) is 0. The van der Waals surface area contributed by atoms with Crippen LogP contribution in [0.4, 0.5) is 8.78 Å². The van der Waals surface area contributed by atoms with Crippen molar-refractivity contribution in [3.05, 3.63) is 46.2 Å². The highest BCUT2D eigenvalue weighted by Crippen LogP contribution is 2.25. The fourth-order valence-corrected chi connectivity index (χ4v) is 3.51. The Kier molecular flexibility index (Phi) is 7.79. The van der Waals surface area contributed by atoms with E-state index in [1.807, 2.05) is 0 Å². The van der Waals surface area contributed by atoms with Crippen LogP contribution in [0.2, 0.25) is 5.02 Å². The van der Waals surface area contributed by atoms with E-state index in [9.17, 15) is 18.4 Å². The first-order valence-electron chi connectivity index (χ1n) is 9.46. The van der Waals surface area contributed by atoms with Gasteiger partial charge in [0.25, 0.3) is 5.91 Å². The molecule has 7 nitrogen and oxygen atoms in total. The molecule has 3 rings (SSSR count). The number of nitrogens with zero attached hydrogens (tertiary/aromatic N) is 3. The molecule has 0 aliphatic carbocycles. The lowest BCUT2D eigenvalue weighted by atomic mass is 10.1. The number of amides is 1. The summed E-state index contributed by atoms with van der Waals surface area (Å²) in [5.41, 5.74) is 0.0257.